The van der Waals surface area contributed by atoms with Crippen molar-refractivity contribution >= 4 is 32.7 Å². The van der Waals surface area contributed by atoms with Crippen molar-refractivity contribution in [2.45, 2.75) is 17.8 Å². The predicted molar refractivity (Wildman–Crippen MR) is 41.4 cm³/mol. The van der Waals surface area contributed by atoms with Gasteiger partial charge < -0.3 is 0 Å². The van der Waals surface area contributed by atoms with Crippen LogP contribution in [0.2, 0.25) is 4.47 Å². The molecule has 2 heteroatoms. The Morgan fingerprint density at radius 1 is 1.88 bits per heavy atom. The van der Waals surface area contributed by atoms with E-state index in [1.807, 2.05) is 11.8 Å². The average molecular weight is 242 g/mol. The van der Waals surface area contributed by atoms with Crippen molar-refractivity contribution in [3.63, 3.8) is 0 Å². The van der Waals surface area contributed by atoms with Crippen molar-refractivity contribution in [1.29, 1.82) is 0 Å². The van der Waals surface area contributed by atoms with Crippen molar-refractivity contribution in [3.05, 3.63) is 9.03 Å². The molecule has 0 saturated heterocycles. The summed E-state index contributed by atoms with van der Waals surface area (Å²) in [7, 11) is 0. The third-order valence-corrected chi connectivity index (χ3v) is 6.60. The van der Waals surface area contributed by atoms with E-state index >= 15 is 0 Å². The molecule has 0 spiro atoms. The standard InChI is InChI=1S/C6H10STe/c1-2-6-5-7-3-4-8-6/h5H,2-4H2,1H3. The van der Waals surface area contributed by atoms with Gasteiger partial charge in [-0.3, -0.25) is 0 Å². The van der Waals surface area contributed by atoms with E-state index in [9.17, 15) is 0 Å². The Labute approximate surface area is 65.2 Å². The third-order valence-electron chi connectivity index (χ3n) is 1.05. The zero-order chi connectivity index (χ0) is 5.82. The molecule has 0 N–H and O–H groups in total. The molecule has 8 heavy (non-hydrogen) atoms. The summed E-state index contributed by atoms with van der Waals surface area (Å²) in [6.45, 7) is 2.27. The maximum absolute atomic E-state index is 2.38. The van der Waals surface area contributed by atoms with Gasteiger partial charge in [0.1, 0.15) is 0 Å². The molecule has 1 aliphatic heterocycles. The van der Waals surface area contributed by atoms with Crippen LogP contribution in [0.25, 0.3) is 0 Å². The van der Waals surface area contributed by atoms with Crippen LogP contribution in [0.1, 0.15) is 13.3 Å². The number of thioether (sulfide) groups is 1. The first-order chi connectivity index (χ1) is 3.93. The number of hydrogen-bond acceptors (Lipinski definition) is 1. The van der Waals surface area contributed by atoms with E-state index in [2.05, 4.69) is 12.3 Å². The summed E-state index contributed by atoms with van der Waals surface area (Å²) >= 11 is 2.33. The van der Waals surface area contributed by atoms with Crippen LogP contribution >= 0.6 is 11.8 Å². The van der Waals surface area contributed by atoms with Crippen LogP contribution in [0.5, 0.6) is 0 Å². The van der Waals surface area contributed by atoms with E-state index in [0.717, 1.165) is 0 Å². The second-order valence-corrected chi connectivity index (χ2v) is 6.12. The average Bonchev–Trinajstić information content (AvgIpc) is 1.90. The van der Waals surface area contributed by atoms with E-state index in [-0.39, 0.29) is 0 Å². The fourth-order valence-electron chi connectivity index (χ4n) is 0.592. The van der Waals surface area contributed by atoms with Gasteiger partial charge in [-0.2, -0.15) is 0 Å². The van der Waals surface area contributed by atoms with Gasteiger partial charge in [-0.15, -0.1) is 0 Å². The fourth-order valence-corrected chi connectivity index (χ4v) is 5.34. The quantitative estimate of drug-likeness (QED) is 0.634. The summed E-state index contributed by atoms with van der Waals surface area (Å²) < 4.78 is 3.29. The number of hydrogen-bond donors (Lipinski definition) is 0. The monoisotopic (exact) mass is 244 g/mol. The molecule has 1 rings (SSSR count). The van der Waals surface area contributed by atoms with Gasteiger partial charge in [0, 0.05) is 0 Å². The van der Waals surface area contributed by atoms with Gasteiger partial charge in [-0.05, 0) is 0 Å². The van der Waals surface area contributed by atoms with Crippen LogP contribution in [0.4, 0.5) is 0 Å². The Kier molecular flexibility index (Phi) is 3.34. The SMILES string of the molecule is CCC1=CSCC[Te]1. The molecule has 0 bridgehead atoms. The Balaban J connectivity index is 2.37. The summed E-state index contributed by atoms with van der Waals surface area (Å²) in [5, 5.41) is 2.38. The minimum atomic E-state index is 0.332. The van der Waals surface area contributed by atoms with E-state index in [4.69, 9.17) is 0 Å². The number of allylic oxidation sites excluding steroid dienone is 1. The summed E-state index contributed by atoms with van der Waals surface area (Å²) in [4.78, 5) is 0. The minimum absolute atomic E-state index is 0.332. The Hall–Kier alpha value is 0.880. The van der Waals surface area contributed by atoms with Crippen LogP contribution in [0.15, 0.2) is 9.03 Å². The van der Waals surface area contributed by atoms with Gasteiger partial charge in [0.2, 0.25) is 0 Å². The first-order valence-electron chi connectivity index (χ1n) is 2.87. The molecule has 0 atom stereocenters. The first kappa shape index (κ1) is 6.99. The van der Waals surface area contributed by atoms with Crippen molar-refractivity contribution < 1.29 is 0 Å². The summed E-state index contributed by atoms with van der Waals surface area (Å²) in [6.07, 6.45) is 1.31. The predicted octanol–water partition coefficient (Wildman–Crippen LogP) is 2.11. The van der Waals surface area contributed by atoms with Crippen LogP contribution in [-0.4, -0.2) is 26.7 Å². The van der Waals surface area contributed by atoms with Gasteiger partial charge in [0.15, 0.2) is 0 Å². The first-order valence-corrected chi connectivity index (χ1v) is 6.73. The van der Waals surface area contributed by atoms with E-state index in [0.29, 0.717) is 20.9 Å². The van der Waals surface area contributed by atoms with Crippen LogP contribution in [0.3, 0.4) is 0 Å². The van der Waals surface area contributed by atoms with Crippen LogP contribution in [0, 0.1) is 0 Å². The van der Waals surface area contributed by atoms with Crippen molar-refractivity contribution in [2.24, 2.45) is 0 Å². The Bertz CT molecular complexity index is 98.7. The van der Waals surface area contributed by atoms with Gasteiger partial charge in [-0.25, -0.2) is 0 Å². The van der Waals surface area contributed by atoms with Crippen molar-refractivity contribution in [1.82, 2.24) is 0 Å². The van der Waals surface area contributed by atoms with E-state index < -0.39 is 0 Å². The number of rotatable bonds is 1. The fraction of sp³-hybridized carbons (Fsp3) is 0.667. The van der Waals surface area contributed by atoms with Crippen LogP contribution in [-0.2, 0) is 0 Å². The normalized spacial score (nSPS) is 20.4. The van der Waals surface area contributed by atoms with Crippen LogP contribution < -0.4 is 0 Å². The molecule has 0 nitrogen and oxygen atoms in total. The summed E-state index contributed by atoms with van der Waals surface area (Å²) in [6, 6.07) is 0. The Morgan fingerprint density at radius 3 is 3.12 bits per heavy atom. The molecule has 46 valence electrons. The zero-order valence-electron chi connectivity index (χ0n) is 5.02. The van der Waals surface area contributed by atoms with Gasteiger partial charge in [0.25, 0.3) is 0 Å². The second-order valence-electron chi connectivity index (χ2n) is 1.66. The second kappa shape index (κ2) is 3.82. The molecular weight excluding hydrogens is 232 g/mol. The summed E-state index contributed by atoms with van der Waals surface area (Å²) in [5.74, 6) is 1.39. The van der Waals surface area contributed by atoms with Gasteiger partial charge in [-0.1, -0.05) is 0 Å². The van der Waals surface area contributed by atoms with E-state index in [1.54, 1.807) is 3.62 Å². The molecule has 0 unspecified atom stereocenters. The molecule has 0 aromatic rings. The Morgan fingerprint density at radius 2 is 2.75 bits per heavy atom. The van der Waals surface area contributed by atoms with E-state index in [1.165, 1.54) is 16.6 Å². The molecule has 0 aromatic carbocycles. The maximum atomic E-state index is 2.38. The molecule has 0 aliphatic carbocycles. The third kappa shape index (κ3) is 2.01. The molecule has 0 saturated carbocycles. The molecule has 0 radical (unpaired) electrons. The van der Waals surface area contributed by atoms with Crippen molar-refractivity contribution in [3.8, 4) is 0 Å². The molecule has 0 amide bonds. The topological polar surface area (TPSA) is 0 Å². The molecule has 0 aromatic heterocycles. The van der Waals surface area contributed by atoms with Crippen molar-refractivity contribution in [2.75, 3.05) is 5.75 Å². The zero-order valence-corrected chi connectivity index (χ0v) is 8.16. The molecule has 1 heterocycles. The molecular formula is C6H10STe. The molecule has 1 aliphatic rings. The van der Waals surface area contributed by atoms with Gasteiger partial charge in [0.05, 0.1) is 0 Å². The summed E-state index contributed by atoms with van der Waals surface area (Å²) in [5.41, 5.74) is 0. The molecule has 0 fully saturated rings. The van der Waals surface area contributed by atoms with Gasteiger partial charge >= 0.3 is 65.3 Å².